The SMILES string of the molecule is Cc1cccc(OCCCCC(=O)NCC(C)(C(=O)O)c2ccccc2)c1. The van der Waals surface area contributed by atoms with Crippen LogP contribution in [-0.4, -0.2) is 30.1 Å². The third-order valence-corrected chi connectivity index (χ3v) is 4.58. The molecule has 1 atom stereocenters. The Balaban J connectivity index is 1.72. The Hall–Kier alpha value is -2.82. The number of carbonyl (C=O) groups excluding carboxylic acids is 1. The minimum atomic E-state index is -1.15. The van der Waals surface area contributed by atoms with Crippen LogP contribution in [0.3, 0.4) is 0 Å². The number of amides is 1. The smallest absolute Gasteiger partial charge is 0.315 e. The summed E-state index contributed by atoms with van der Waals surface area (Å²) in [5.41, 5.74) is 0.668. The number of rotatable bonds is 10. The fraction of sp³-hybridized carbons (Fsp3) is 0.364. The predicted octanol–water partition coefficient (Wildman–Crippen LogP) is 3.70. The molecule has 2 rings (SSSR count). The average Bonchev–Trinajstić information content (AvgIpc) is 2.66. The molecule has 27 heavy (non-hydrogen) atoms. The van der Waals surface area contributed by atoms with Gasteiger partial charge in [0, 0.05) is 13.0 Å². The first-order valence-corrected chi connectivity index (χ1v) is 9.17. The van der Waals surface area contributed by atoms with Crippen molar-refractivity contribution in [3.05, 3.63) is 65.7 Å². The molecule has 2 aromatic carbocycles. The molecule has 144 valence electrons. The summed E-state index contributed by atoms with van der Waals surface area (Å²) in [7, 11) is 0. The molecule has 0 aromatic heterocycles. The molecular formula is C22H27NO4. The molecule has 0 fully saturated rings. The van der Waals surface area contributed by atoms with Gasteiger partial charge in [0.1, 0.15) is 11.2 Å². The van der Waals surface area contributed by atoms with Gasteiger partial charge in [-0.25, -0.2) is 0 Å². The topological polar surface area (TPSA) is 75.6 Å². The molecule has 0 aliphatic rings. The van der Waals surface area contributed by atoms with Gasteiger partial charge < -0.3 is 15.2 Å². The maximum absolute atomic E-state index is 12.1. The van der Waals surface area contributed by atoms with E-state index in [1.165, 1.54) is 0 Å². The first kappa shape index (κ1) is 20.5. The number of ether oxygens (including phenoxy) is 1. The van der Waals surface area contributed by atoms with Crippen LogP contribution in [0.25, 0.3) is 0 Å². The lowest BCUT2D eigenvalue weighted by molar-refractivity contribution is -0.143. The maximum Gasteiger partial charge on any atom is 0.315 e. The fourth-order valence-corrected chi connectivity index (χ4v) is 2.75. The van der Waals surface area contributed by atoms with Crippen LogP contribution in [0.5, 0.6) is 5.75 Å². The van der Waals surface area contributed by atoms with E-state index >= 15 is 0 Å². The number of hydrogen-bond donors (Lipinski definition) is 2. The first-order chi connectivity index (χ1) is 12.9. The minimum absolute atomic E-state index is 0.0605. The van der Waals surface area contributed by atoms with Gasteiger partial charge in [-0.1, -0.05) is 42.5 Å². The van der Waals surface area contributed by atoms with Gasteiger partial charge in [0.2, 0.25) is 5.91 Å². The third-order valence-electron chi connectivity index (χ3n) is 4.58. The van der Waals surface area contributed by atoms with E-state index in [9.17, 15) is 14.7 Å². The van der Waals surface area contributed by atoms with Crippen LogP contribution in [0.1, 0.15) is 37.3 Å². The molecule has 0 aliphatic heterocycles. The van der Waals surface area contributed by atoms with Crippen molar-refractivity contribution in [1.82, 2.24) is 5.32 Å². The molecule has 5 nitrogen and oxygen atoms in total. The van der Waals surface area contributed by atoms with Crippen LogP contribution in [0.4, 0.5) is 0 Å². The Morgan fingerprint density at radius 3 is 2.48 bits per heavy atom. The van der Waals surface area contributed by atoms with Crippen molar-refractivity contribution >= 4 is 11.9 Å². The molecular weight excluding hydrogens is 342 g/mol. The van der Waals surface area contributed by atoms with E-state index in [4.69, 9.17) is 4.74 Å². The monoisotopic (exact) mass is 369 g/mol. The fourth-order valence-electron chi connectivity index (χ4n) is 2.75. The van der Waals surface area contributed by atoms with Crippen molar-refractivity contribution in [2.24, 2.45) is 0 Å². The van der Waals surface area contributed by atoms with E-state index in [1.54, 1.807) is 31.2 Å². The van der Waals surface area contributed by atoms with Crippen LogP contribution in [0.2, 0.25) is 0 Å². The first-order valence-electron chi connectivity index (χ1n) is 9.17. The average molecular weight is 369 g/mol. The quantitative estimate of drug-likeness (QED) is 0.626. The second-order valence-corrected chi connectivity index (χ2v) is 6.90. The van der Waals surface area contributed by atoms with Gasteiger partial charge in [-0.05, 0) is 49.9 Å². The number of benzene rings is 2. The molecule has 1 unspecified atom stereocenters. The van der Waals surface area contributed by atoms with Crippen LogP contribution < -0.4 is 10.1 Å². The van der Waals surface area contributed by atoms with Gasteiger partial charge >= 0.3 is 5.97 Å². The van der Waals surface area contributed by atoms with Crippen molar-refractivity contribution in [1.29, 1.82) is 0 Å². The molecule has 2 aromatic rings. The lowest BCUT2D eigenvalue weighted by Crippen LogP contribution is -2.44. The Labute approximate surface area is 160 Å². The Kier molecular flexibility index (Phi) is 7.41. The van der Waals surface area contributed by atoms with Crippen molar-refractivity contribution in [2.75, 3.05) is 13.2 Å². The van der Waals surface area contributed by atoms with E-state index in [1.807, 2.05) is 37.3 Å². The summed E-state index contributed by atoms with van der Waals surface area (Å²) in [6.07, 6.45) is 1.80. The number of aryl methyl sites for hydroxylation is 1. The summed E-state index contributed by atoms with van der Waals surface area (Å²) in [6.45, 7) is 4.25. The van der Waals surface area contributed by atoms with Crippen molar-refractivity contribution in [2.45, 2.75) is 38.5 Å². The van der Waals surface area contributed by atoms with Gasteiger partial charge in [0.25, 0.3) is 0 Å². The van der Waals surface area contributed by atoms with Crippen molar-refractivity contribution in [3.8, 4) is 5.75 Å². The largest absolute Gasteiger partial charge is 0.494 e. The zero-order valence-electron chi connectivity index (χ0n) is 15.9. The summed E-state index contributed by atoms with van der Waals surface area (Å²) in [4.78, 5) is 23.8. The molecule has 0 aliphatic carbocycles. The van der Waals surface area contributed by atoms with Crippen LogP contribution in [0, 0.1) is 6.92 Å². The summed E-state index contributed by atoms with van der Waals surface area (Å²) < 4.78 is 5.66. The molecule has 0 saturated heterocycles. The lowest BCUT2D eigenvalue weighted by Gasteiger charge is -2.25. The third kappa shape index (κ3) is 6.13. The predicted molar refractivity (Wildman–Crippen MR) is 105 cm³/mol. The van der Waals surface area contributed by atoms with E-state index in [-0.39, 0.29) is 12.5 Å². The molecule has 2 N–H and O–H groups in total. The molecule has 0 heterocycles. The highest BCUT2D eigenvalue weighted by atomic mass is 16.5. The van der Waals surface area contributed by atoms with Gasteiger partial charge in [0.05, 0.1) is 6.61 Å². The lowest BCUT2D eigenvalue weighted by atomic mass is 9.82. The van der Waals surface area contributed by atoms with Crippen LogP contribution >= 0.6 is 0 Å². The van der Waals surface area contributed by atoms with E-state index < -0.39 is 11.4 Å². The van der Waals surface area contributed by atoms with Gasteiger partial charge in [-0.15, -0.1) is 0 Å². The van der Waals surface area contributed by atoms with Crippen molar-refractivity contribution < 1.29 is 19.4 Å². The molecule has 0 spiro atoms. The standard InChI is InChI=1S/C22H27NO4/c1-17-9-8-12-19(15-17)27-14-7-6-13-20(24)23-16-22(2,21(25)26)18-10-4-3-5-11-18/h3-5,8-12,15H,6-7,13-14,16H2,1-2H3,(H,23,24)(H,25,26). The highest BCUT2D eigenvalue weighted by Gasteiger charge is 2.35. The number of hydrogen-bond acceptors (Lipinski definition) is 3. The number of carboxylic acids is 1. The summed E-state index contributed by atoms with van der Waals surface area (Å²) in [6, 6.07) is 16.8. The number of carbonyl (C=O) groups is 2. The zero-order valence-corrected chi connectivity index (χ0v) is 15.9. The number of carboxylic acid groups (broad SMARTS) is 1. The number of nitrogens with one attached hydrogen (secondary N) is 1. The van der Waals surface area contributed by atoms with Crippen molar-refractivity contribution in [3.63, 3.8) is 0 Å². The minimum Gasteiger partial charge on any atom is -0.494 e. The Morgan fingerprint density at radius 2 is 1.81 bits per heavy atom. The highest BCUT2D eigenvalue weighted by molar-refractivity contribution is 5.83. The normalized spacial score (nSPS) is 12.8. The summed E-state index contributed by atoms with van der Waals surface area (Å²) in [5, 5.41) is 12.4. The summed E-state index contributed by atoms with van der Waals surface area (Å²) in [5.74, 6) is -0.269. The number of aliphatic carboxylic acids is 1. The van der Waals surface area contributed by atoms with Crippen LogP contribution in [0.15, 0.2) is 54.6 Å². The molecule has 5 heteroatoms. The van der Waals surface area contributed by atoms with E-state index in [0.717, 1.165) is 17.7 Å². The second-order valence-electron chi connectivity index (χ2n) is 6.90. The molecule has 0 saturated carbocycles. The molecule has 0 radical (unpaired) electrons. The van der Waals surface area contributed by atoms with Gasteiger partial charge in [0.15, 0.2) is 0 Å². The van der Waals surface area contributed by atoms with E-state index in [0.29, 0.717) is 25.0 Å². The number of unbranched alkanes of at least 4 members (excludes halogenated alkanes) is 1. The van der Waals surface area contributed by atoms with Gasteiger partial charge in [-0.2, -0.15) is 0 Å². The van der Waals surface area contributed by atoms with Gasteiger partial charge in [-0.3, -0.25) is 9.59 Å². The second kappa shape index (κ2) is 9.76. The molecule has 1 amide bonds. The maximum atomic E-state index is 12.1. The summed E-state index contributed by atoms with van der Waals surface area (Å²) >= 11 is 0. The van der Waals surface area contributed by atoms with E-state index in [2.05, 4.69) is 5.32 Å². The van der Waals surface area contributed by atoms with Crippen LogP contribution in [-0.2, 0) is 15.0 Å². The highest BCUT2D eigenvalue weighted by Crippen LogP contribution is 2.23. The molecule has 0 bridgehead atoms. The Bertz CT molecular complexity index is 760. The Morgan fingerprint density at radius 1 is 1.07 bits per heavy atom. The zero-order chi connectivity index (χ0) is 19.7.